The molecule has 0 atom stereocenters. The van der Waals surface area contributed by atoms with Crippen molar-refractivity contribution in [3.8, 4) is 0 Å². The second kappa shape index (κ2) is 3.85. The van der Waals surface area contributed by atoms with Crippen LogP contribution in [0.1, 0.15) is 12.6 Å². The molecule has 3 heteroatoms. The highest BCUT2D eigenvalue weighted by Gasteiger charge is 2.01. The van der Waals surface area contributed by atoms with Gasteiger partial charge in [-0.2, -0.15) is 5.10 Å². The van der Waals surface area contributed by atoms with Crippen LogP contribution in [0.2, 0.25) is 0 Å². The number of allylic oxidation sites excluding steroid dienone is 2. The van der Waals surface area contributed by atoms with Crippen molar-refractivity contribution in [3.63, 3.8) is 0 Å². The minimum absolute atomic E-state index is 0.0937. The Bertz CT molecular complexity index is 299. The normalized spacial score (nSPS) is 10.8. The molecule has 0 fully saturated rings. The average molecular weight is 164 g/mol. The minimum Gasteiger partial charge on any atom is -0.294 e. The van der Waals surface area contributed by atoms with Crippen LogP contribution in [0.5, 0.6) is 0 Å². The van der Waals surface area contributed by atoms with Crippen molar-refractivity contribution in [2.75, 3.05) is 0 Å². The van der Waals surface area contributed by atoms with Crippen LogP contribution in [0.15, 0.2) is 24.4 Å². The zero-order valence-corrected chi connectivity index (χ0v) is 7.32. The van der Waals surface area contributed by atoms with E-state index in [0.717, 1.165) is 5.69 Å². The predicted octanol–water partition coefficient (Wildman–Crippen LogP) is 1.11. The molecule has 0 N–H and O–H groups in total. The molecule has 0 amide bonds. The van der Waals surface area contributed by atoms with Gasteiger partial charge in [0.05, 0.1) is 12.1 Å². The summed E-state index contributed by atoms with van der Waals surface area (Å²) in [6.07, 6.45) is 5.53. The van der Waals surface area contributed by atoms with Crippen molar-refractivity contribution in [1.82, 2.24) is 9.78 Å². The summed E-state index contributed by atoms with van der Waals surface area (Å²) < 4.78 is 1.69. The maximum atomic E-state index is 11.1. The first-order valence-corrected chi connectivity index (χ1v) is 3.86. The third-order valence-corrected chi connectivity index (χ3v) is 1.48. The molecule has 0 unspecified atom stereocenters. The summed E-state index contributed by atoms with van der Waals surface area (Å²) in [6.45, 7) is 1.83. The highest BCUT2D eigenvalue weighted by atomic mass is 16.1. The van der Waals surface area contributed by atoms with Crippen molar-refractivity contribution in [2.24, 2.45) is 7.05 Å². The van der Waals surface area contributed by atoms with E-state index in [0.29, 0.717) is 6.42 Å². The second-order valence-corrected chi connectivity index (χ2v) is 2.62. The molecule has 0 aliphatic rings. The first-order chi connectivity index (χ1) is 5.72. The molecule has 3 nitrogen and oxygen atoms in total. The minimum atomic E-state index is 0.0937. The van der Waals surface area contributed by atoms with Crippen LogP contribution in [0.3, 0.4) is 0 Å². The van der Waals surface area contributed by atoms with E-state index in [1.807, 2.05) is 26.2 Å². The largest absolute Gasteiger partial charge is 0.294 e. The van der Waals surface area contributed by atoms with Crippen LogP contribution in [-0.2, 0) is 18.3 Å². The van der Waals surface area contributed by atoms with Gasteiger partial charge in [0.15, 0.2) is 5.78 Å². The van der Waals surface area contributed by atoms with Crippen molar-refractivity contribution >= 4 is 5.78 Å². The zero-order valence-electron chi connectivity index (χ0n) is 7.32. The van der Waals surface area contributed by atoms with Gasteiger partial charge in [0.2, 0.25) is 0 Å². The summed E-state index contributed by atoms with van der Waals surface area (Å²) in [5.41, 5.74) is 0.820. The molecule has 0 spiro atoms. The second-order valence-electron chi connectivity index (χ2n) is 2.62. The lowest BCUT2D eigenvalue weighted by Gasteiger charge is -1.89. The Morgan fingerprint density at radius 1 is 1.75 bits per heavy atom. The summed E-state index contributed by atoms with van der Waals surface area (Å²) >= 11 is 0. The smallest absolute Gasteiger partial charge is 0.161 e. The fourth-order valence-electron chi connectivity index (χ4n) is 0.981. The molecule has 0 saturated carbocycles. The Morgan fingerprint density at radius 2 is 2.50 bits per heavy atom. The number of aromatic nitrogens is 2. The van der Waals surface area contributed by atoms with Crippen molar-refractivity contribution < 1.29 is 4.79 Å². The summed E-state index contributed by atoms with van der Waals surface area (Å²) in [4.78, 5) is 11.1. The number of hydrogen-bond acceptors (Lipinski definition) is 2. The van der Waals surface area contributed by atoms with Gasteiger partial charge in [0.1, 0.15) is 0 Å². The number of hydrogen-bond donors (Lipinski definition) is 0. The van der Waals surface area contributed by atoms with Crippen LogP contribution in [-0.4, -0.2) is 15.6 Å². The summed E-state index contributed by atoms with van der Waals surface area (Å²) in [7, 11) is 1.84. The molecule has 0 aliphatic carbocycles. The Morgan fingerprint density at radius 3 is 3.00 bits per heavy atom. The van der Waals surface area contributed by atoms with Gasteiger partial charge < -0.3 is 0 Å². The Kier molecular flexibility index (Phi) is 2.80. The Balaban J connectivity index is 2.58. The van der Waals surface area contributed by atoms with Gasteiger partial charge in [0, 0.05) is 13.2 Å². The third kappa shape index (κ3) is 2.34. The third-order valence-electron chi connectivity index (χ3n) is 1.48. The molecule has 1 heterocycles. The van der Waals surface area contributed by atoms with E-state index in [1.54, 1.807) is 16.8 Å². The molecular weight excluding hydrogens is 152 g/mol. The van der Waals surface area contributed by atoms with E-state index in [9.17, 15) is 4.79 Å². The fourth-order valence-corrected chi connectivity index (χ4v) is 0.981. The maximum absolute atomic E-state index is 11.1. The van der Waals surface area contributed by atoms with Gasteiger partial charge in [-0.1, -0.05) is 6.08 Å². The Labute approximate surface area is 71.7 Å². The van der Waals surface area contributed by atoms with E-state index in [1.165, 1.54) is 0 Å². The summed E-state index contributed by atoms with van der Waals surface area (Å²) in [5, 5.41) is 4.09. The highest BCUT2D eigenvalue weighted by molar-refractivity contribution is 5.90. The lowest BCUT2D eigenvalue weighted by atomic mass is 10.2. The lowest BCUT2D eigenvalue weighted by molar-refractivity contribution is -0.114. The topological polar surface area (TPSA) is 34.9 Å². The molecular formula is C9H12N2O. The molecule has 0 saturated heterocycles. The summed E-state index contributed by atoms with van der Waals surface area (Å²) in [6, 6.07) is 1.85. The van der Waals surface area contributed by atoms with Crippen LogP contribution in [0, 0.1) is 0 Å². The van der Waals surface area contributed by atoms with Crippen LogP contribution < -0.4 is 0 Å². The van der Waals surface area contributed by atoms with Crippen LogP contribution in [0.4, 0.5) is 0 Å². The van der Waals surface area contributed by atoms with E-state index < -0.39 is 0 Å². The summed E-state index contributed by atoms with van der Waals surface area (Å²) in [5.74, 6) is 0.0937. The zero-order chi connectivity index (χ0) is 8.97. The number of carbonyl (C=O) groups is 1. The molecule has 0 aliphatic heterocycles. The standard InChI is InChI=1S/C9H12N2O/c1-3-4-9(12)7-8-5-6-11(2)10-8/h3-6H,7H2,1-2H3/b4-3+. The molecule has 12 heavy (non-hydrogen) atoms. The number of ketones is 1. The molecule has 0 bridgehead atoms. The quantitative estimate of drug-likeness (QED) is 0.627. The van der Waals surface area contributed by atoms with Crippen LogP contribution >= 0.6 is 0 Å². The van der Waals surface area contributed by atoms with Crippen molar-refractivity contribution in [3.05, 3.63) is 30.1 Å². The number of carbonyl (C=O) groups excluding carboxylic acids is 1. The first kappa shape index (κ1) is 8.71. The monoisotopic (exact) mass is 164 g/mol. The highest BCUT2D eigenvalue weighted by Crippen LogP contribution is 1.96. The number of rotatable bonds is 3. The molecule has 64 valence electrons. The van der Waals surface area contributed by atoms with Gasteiger partial charge in [-0.3, -0.25) is 9.48 Å². The fraction of sp³-hybridized carbons (Fsp3) is 0.333. The van der Waals surface area contributed by atoms with Gasteiger partial charge in [0.25, 0.3) is 0 Å². The SMILES string of the molecule is C/C=C/C(=O)Cc1ccn(C)n1. The van der Waals surface area contributed by atoms with E-state index >= 15 is 0 Å². The van der Waals surface area contributed by atoms with Gasteiger partial charge in [-0.05, 0) is 19.1 Å². The molecule has 1 aromatic heterocycles. The molecule has 0 aromatic carbocycles. The lowest BCUT2D eigenvalue weighted by Crippen LogP contribution is -1.99. The molecule has 0 radical (unpaired) electrons. The number of aryl methyl sites for hydroxylation is 1. The van der Waals surface area contributed by atoms with E-state index in [2.05, 4.69) is 5.10 Å². The van der Waals surface area contributed by atoms with Crippen molar-refractivity contribution in [2.45, 2.75) is 13.3 Å². The Hall–Kier alpha value is -1.38. The van der Waals surface area contributed by atoms with E-state index in [4.69, 9.17) is 0 Å². The van der Waals surface area contributed by atoms with Crippen LogP contribution in [0.25, 0.3) is 0 Å². The van der Waals surface area contributed by atoms with Gasteiger partial charge in [-0.25, -0.2) is 0 Å². The van der Waals surface area contributed by atoms with Gasteiger partial charge in [-0.15, -0.1) is 0 Å². The molecule has 1 rings (SSSR count). The number of nitrogens with zero attached hydrogens (tertiary/aromatic N) is 2. The van der Waals surface area contributed by atoms with E-state index in [-0.39, 0.29) is 5.78 Å². The first-order valence-electron chi connectivity index (χ1n) is 3.86. The molecule has 1 aromatic rings. The van der Waals surface area contributed by atoms with Crippen molar-refractivity contribution in [1.29, 1.82) is 0 Å². The average Bonchev–Trinajstić information content (AvgIpc) is 2.36. The van der Waals surface area contributed by atoms with Gasteiger partial charge >= 0.3 is 0 Å². The maximum Gasteiger partial charge on any atom is 0.161 e. The predicted molar refractivity (Wildman–Crippen MR) is 46.7 cm³/mol.